The van der Waals surface area contributed by atoms with Gasteiger partial charge in [-0.25, -0.2) is 15.0 Å². The predicted octanol–water partition coefficient (Wildman–Crippen LogP) is 10.8. The van der Waals surface area contributed by atoms with Crippen LogP contribution in [0.3, 0.4) is 0 Å². The normalized spacial score (nSPS) is 11.2. The molecule has 2 heterocycles. The highest BCUT2D eigenvalue weighted by atomic mass is 16.3. The third kappa shape index (κ3) is 4.96. The second-order valence-electron chi connectivity index (χ2n) is 11.4. The van der Waals surface area contributed by atoms with Crippen molar-refractivity contribution in [2.45, 2.75) is 6.92 Å². The molecule has 0 atom stereocenters. The maximum Gasteiger partial charge on any atom is 0.164 e. The molecule has 0 amide bonds. The summed E-state index contributed by atoms with van der Waals surface area (Å²) in [6.07, 6.45) is 0. The molecule has 4 nitrogen and oxygen atoms in total. The number of benzene rings is 6. The van der Waals surface area contributed by atoms with Crippen LogP contribution in [-0.4, -0.2) is 15.0 Å². The van der Waals surface area contributed by atoms with Crippen molar-refractivity contribution < 1.29 is 4.42 Å². The highest BCUT2D eigenvalue weighted by Crippen LogP contribution is 2.37. The molecule has 0 unspecified atom stereocenters. The monoisotopic (exact) mass is 591 g/mol. The smallest absolute Gasteiger partial charge is 0.164 e. The number of fused-ring (bicyclic) bond motifs is 3. The first-order chi connectivity index (χ1) is 22.6. The van der Waals surface area contributed by atoms with Crippen LogP contribution < -0.4 is 0 Å². The zero-order valence-corrected chi connectivity index (χ0v) is 25.3. The molecule has 0 aliphatic rings. The number of nitrogens with zero attached hydrogens (tertiary/aromatic N) is 3. The zero-order chi connectivity index (χ0) is 31.0. The molecule has 0 bridgehead atoms. The number of hydrogen-bond acceptors (Lipinski definition) is 4. The highest BCUT2D eigenvalue weighted by molar-refractivity contribution is 6.07. The summed E-state index contributed by atoms with van der Waals surface area (Å²) in [4.78, 5) is 14.6. The Balaban J connectivity index is 1.21. The van der Waals surface area contributed by atoms with Crippen LogP contribution >= 0.6 is 0 Å². The quantitative estimate of drug-likeness (QED) is 0.193. The Labute approximate surface area is 267 Å². The van der Waals surface area contributed by atoms with E-state index in [2.05, 4.69) is 86.3 Å². The zero-order valence-electron chi connectivity index (χ0n) is 25.3. The third-order valence-corrected chi connectivity index (χ3v) is 8.46. The first kappa shape index (κ1) is 27.4. The minimum atomic E-state index is 0.594. The van der Waals surface area contributed by atoms with Crippen LogP contribution in [-0.2, 0) is 0 Å². The van der Waals surface area contributed by atoms with Crippen molar-refractivity contribution in [3.05, 3.63) is 169 Å². The summed E-state index contributed by atoms with van der Waals surface area (Å²) < 4.78 is 6.39. The van der Waals surface area contributed by atoms with Crippen LogP contribution in [0, 0.1) is 6.92 Å². The summed E-state index contributed by atoms with van der Waals surface area (Å²) in [5, 5.41) is 2.07. The molecule has 6 aromatic carbocycles. The SMILES string of the molecule is C=C(c1ccc2oc3cc(-c4nc(-c5ccccc5)nc(-c5ccccc5)n4)ccc3c2c1)c1ccccc1-c1ccccc1C. The van der Waals surface area contributed by atoms with Crippen LogP contribution in [0.15, 0.2) is 157 Å². The number of hydrogen-bond donors (Lipinski definition) is 0. The highest BCUT2D eigenvalue weighted by Gasteiger charge is 2.16. The molecule has 0 aliphatic carbocycles. The van der Waals surface area contributed by atoms with Crippen molar-refractivity contribution in [3.63, 3.8) is 0 Å². The molecule has 2 aromatic heterocycles. The van der Waals surface area contributed by atoms with Gasteiger partial charge in [-0.3, -0.25) is 0 Å². The Morgan fingerprint density at radius 2 is 1.09 bits per heavy atom. The van der Waals surface area contributed by atoms with E-state index in [1.807, 2.05) is 72.8 Å². The third-order valence-electron chi connectivity index (χ3n) is 8.46. The van der Waals surface area contributed by atoms with Gasteiger partial charge in [0.05, 0.1) is 0 Å². The topological polar surface area (TPSA) is 51.8 Å². The largest absolute Gasteiger partial charge is 0.456 e. The first-order valence-electron chi connectivity index (χ1n) is 15.3. The molecule has 0 saturated carbocycles. The maximum atomic E-state index is 6.39. The van der Waals surface area contributed by atoms with Crippen molar-refractivity contribution in [2.24, 2.45) is 0 Å². The maximum absolute atomic E-state index is 6.39. The van der Waals surface area contributed by atoms with E-state index >= 15 is 0 Å². The van der Waals surface area contributed by atoms with E-state index in [1.54, 1.807) is 0 Å². The van der Waals surface area contributed by atoms with E-state index < -0.39 is 0 Å². The van der Waals surface area contributed by atoms with Crippen molar-refractivity contribution in [1.82, 2.24) is 15.0 Å². The second kappa shape index (κ2) is 11.4. The molecule has 0 N–H and O–H groups in total. The molecule has 0 saturated heterocycles. The summed E-state index contributed by atoms with van der Waals surface area (Å²) in [5.74, 6) is 1.85. The van der Waals surface area contributed by atoms with Crippen LogP contribution in [0.5, 0.6) is 0 Å². The molecule has 8 rings (SSSR count). The predicted molar refractivity (Wildman–Crippen MR) is 188 cm³/mol. The van der Waals surface area contributed by atoms with Crippen LogP contribution in [0.1, 0.15) is 16.7 Å². The van der Waals surface area contributed by atoms with Crippen molar-refractivity contribution in [2.75, 3.05) is 0 Å². The Kier molecular flexibility index (Phi) is 6.81. The fourth-order valence-corrected chi connectivity index (χ4v) is 6.05. The van der Waals surface area contributed by atoms with Gasteiger partial charge < -0.3 is 4.42 Å². The fourth-order valence-electron chi connectivity index (χ4n) is 6.05. The average molecular weight is 592 g/mol. The van der Waals surface area contributed by atoms with Crippen LogP contribution in [0.25, 0.3) is 72.8 Å². The first-order valence-corrected chi connectivity index (χ1v) is 15.3. The van der Waals surface area contributed by atoms with Gasteiger partial charge >= 0.3 is 0 Å². The van der Waals surface area contributed by atoms with Gasteiger partial charge in [-0.2, -0.15) is 0 Å². The minimum absolute atomic E-state index is 0.594. The molecule has 0 spiro atoms. The summed E-state index contributed by atoms with van der Waals surface area (Å²) in [5.41, 5.74) is 11.1. The van der Waals surface area contributed by atoms with Gasteiger partial charge in [-0.05, 0) is 64.6 Å². The lowest BCUT2D eigenvalue weighted by atomic mass is 9.89. The standard InChI is InChI=1S/C42H29N3O/c1-27-13-9-10-18-33(27)35-20-12-11-19-34(35)28(2)31-22-24-38-37(25-31)36-23-21-32(26-39(36)46-38)42-44-40(29-14-5-3-6-15-29)43-41(45-42)30-16-7-4-8-17-30/h3-26H,2H2,1H3. The van der Waals surface area contributed by atoms with Gasteiger partial charge in [0.2, 0.25) is 0 Å². The number of furan rings is 1. The number of aromatic nitrogens is 3. The lowest BCUT2D eigenvalue weighted by Crippen LogP contribution is -2.00. The molecular formula is C42H29N3O. The summed E-state index contributed by atoms with van der Waals surface area (Å²) in [6.45, 7) is 6.70. The van der Waals surface area contributed by atoms with E-state index in [0.29, 0.717) is 17.5 Å². The molecule has 0 fully saturated rings. The summed E-state index contributed by atoms with van der Waals surface area (Å²) >= 11 is 0. The number of rotatable bonds is 6. The van der Waals surface area contributed by atoms with Gasteiger partial charge in [0, 0.05) is 27.5 Å². The number of aryl methyl sites for hydroxylation is 1. The van der Waals surface area contributed by atoms with Crippen molar-refractivity contribution >= 4 is 27.5 Å². The Hall–Kier alpha value is -6.13. The van der Waals surface area contributed by atoms with Gasteiger partial charge in [-0.1, -0.05) is 128 Å². The summed E-state index contributed by atoms with van der Waals surface area (Å²) in [6, 6.07) is 49.4. The Morgan fingerprint density at radius 3 is 1.76 bits per heavy atom. The fraction of sp³-hybridized carbons (Fsp3) is 0.0238. The molecule has 46 heavy (non-hydrogen) atoms. The molecule has 0 aliphatic heterocycles. The van der Waals surface area contributed by atoms with Gasteiger partial charge in [0.1, 0.15) is 11.2 Å². The lowest BCUT2D eigenvalue weighted by molar-refractivity contribution is 0.669. The second-order valence-corrected chi connectivity index (χ2v) is 11.4. The molecule has 4 heteroatoms. The van der Waals surface area contributed by atoms with Gasteiger partial charge in [-0.15, -0.1) is 0 Å². The average Bonchev–Trinajstić information content (AvgIpc) is 3.49. The van der Waals surface area contributed by atoms with Crippen molar-refractivity contribution in [1.29, 1.82) is 0 Å². The van der Waals surface area contributed by atoms with E-state index in [0.717, 1.165) is 55.3 Å². The minimum Gasteiger partial charge on any atom is -0.456 e. The molecular weight excluding hydrogens is 562 g/mol. The van der Waals surface area contributed by atoms with Crippen molar-refractivity contribution in [3.8, 4) is 45.3 Å². The van der Waals surface area contributed by atoms with E-state index in [4.69, 9.17) is 19.4 Å². The Bertz CT molecular complexity index is 2330. The molecule has 8 aromatic rings. The molecule has 218 valence electrons. The van der Waals surface area contributed by atoms with Crippen LogP contribution in [0.2, 0.25) is 0 Å². The van der Waals surface area contributed by atoms with Crippen LogP contribution in [0.4, 0.5) is 0 Å². The lowest BCUT2D eigenvalue weighted by Gasteiger charge is -2.14. The van der Waals surface area contributed by atoms with Gasteiger partial charge in [0.15, 0.2) is 17.5 Å². The van der Waals surface area contributed by atoms with Gasteiger partial charge in [0.25, 0.3) is 0 Å². The Morgan fingerprint density at radius 1 is 0.500 bits per heavy atom. The summed E-state index contributed by atoms with van der Waals surface area (Å²) in [7, 11) is 0. The van der Waals surface area contributed by atoms with E-state index in [1.165, 1.54) is 16.7 Å². The molecule has 0 radical (unpaired) electrons. The van der Waals surface area contributed by atoms with E-state index in [9.17, 15) is 0 Å². The van der Waals surface area contributed by atoms with E-state index in [-0.39, 0.29) is 0 Å².